The van der Waals surface area contributed by atoms with E-state index in [9.17, 15) is 4.79 Å². The molecule has 0 bridgehead atoms. The molecule has 1 rings (SSSR count). The van der Waals surface area contributed by atoms with E-state index in [2.05, 4.69) is 5.32 Å². The summed E-state index contributed by atoms with van der Waals surface area (Å²) in [5.41, 5.74) is 6.90. The number of hydrogen-bond acceptors (Lipinski definition) is 3. The summed E-state index contributed by atoms with van der Waals surface area (Å²) < 4.78 is 0. The zero-order valence-corrected chi connectivity index (χ0v) is 11.2. The third-order valence-electron chi connectivity index (χ3n) is 2.63. The molecule has 0 spiro atoms. The smallest absolute Gasteiger partial charge is 0.237 e. The van der Waals surface area contributed by atoms with Crippen LogP contribution in [0.5, 0.6) is 0 Å². The molecular formula is C13H20N2OS. The molecule has 1 amide bonds. The van der Waals surface area contributed by atoms with Crippen LogP contribution in [0.3, 0.4) is 0 Å². The average molecular weight is 252 g/mol. The minimum absolute atomic E-state index is 0.00373. The predicted octanol–water partition coefficient (Wildman–Crippen LogP) is 1.94. The lowest BCUT2D eigenvalue weighted by molar-refractivity contribution is -0.123. The van der Waals surface area contributed by atoms with Crippen LogP contribution in [0.2, 0.25) is 0 Å². The first-order valence-corrected chi connectivity index (χ1v) is 7.14. The highest BCUT2D eigenvalue weighted by Gasteiger charge is 2.15. The molecule has 0 fully saturated rings. The fraction of sp³-hybridized carbons (Fsp3) is 0.462. The van der Waals surface area contributed by atoms with Gasteiger partial charge in [-0.15, -0.1) is 0 Å². The van der Waals surface area contributed by atoms with Crippen LogP contribution in [0.15, 0.2) is 30.3 Å². The highest BCUT2D eigenvalue weighted by Crippen LogP contribution is 2.11. The maximum absolute atomic E-state index is 11.8. The van der Waals surface area contributed by atoms with Crippen molar-refractivity contribution in [1.82, 2.24) is 5.32 Å². The molecular weight excluding hydrogens is 232 g/mol. The minimum atomic E-state index is -0.409. The first-order valence-electron chi connectivity index (χ1n) is 5.75. The molecule has 3 nitrogen and oxygen atoms in total. The minimum Gasteiger partial charge on any atom is -0.348 e. The standard InChI is InChI=1S/C13H20N2OS/c1-10(11-6-4-3-5-7-11)15-13(16)12(14)8-9-17-2/h3-7,10,12H,8-9,14H2,1-2H3,(H,15,16)/t10-,12-/m0/s1. The van der Waals surface area contributed by atoms with Gasteiger partial charge in [0.15, 0.2) is 0 Å². The van der Waals surface area contributed by atoms with E-state index in [1.165, 1.54) is 0 Å². The fourth-order valence-electron chi connectivity index (χ4n) is 1.52. The van der Waals surface area contributed by atoms with E-state index in [1.807, 2.05) is 43.5 Å². The number of nitrogens with one attached hydrogen (secondary N) is 1. The van der Waals surface area contributed by atoms with E-state index >= 15 is 0 Å². The van der Waals surface area contributed by atoms with Gasteiger partial charge in [0, 0.05) is 0 Å². The molecule has 0 aliphatic carbocycles. The van der Waals surface area contributed by atoms with Gasteiger partial charge in [-0.1, -0.05) is 30.3 Å². The molecule has 0 saturated carbocycles. The van der Waals surface area contributed by atoms with Crippen molar-refractivity contribution in [3.8, 4) is 0 Å². The van der Waals surface area contributed by atoms with E-state index < -0.39 is 6.04 Å². The van der Waals surface area contributed by atoms with Crippen molar-refractivity contribution in [2.24, 2.45) is 5.73 Å². The van der Waals surface area contributed by atoms with Gasteiger partial charge in [-0.25, -0.2) is 0 Å². The van der Waals surface area contributed by atoms with E-state index in [0.29, 0.717) is 6.42 Å². The van der Waals surface area contributed by atoms with E-state index in [0.717, 1.165) is 11.3 Å². The summed E-state index contributed by atoms with van der Waals surface area (Å²) >= 11 is 1.70. The highest BCUT2D eigenvalue weighted by molar-refractivity contribution is 7.98. The Balaban J connectivity index is 2.46. The van der Waals surface area contributed by atoms with Crippen LogP contribution in [0.4, 0.5) is 0 Å². The molecule has 0 heterocycles. The number of hydrogen-bond donors (Lipinski definition) is 2. The van der Waals surface area contributed by atoms with Crippen molar-refractivity contribution >= 4 is 17.7 Å². The van der Waals surface area contributed by atoms with Crippen molar-refractivity contribution in [2.45, 2.75) is 25.4 Å². The SMILES string of the molecule is CSCC[C@H](N)C(=O)N[C@@H](C)c1ccccc1. The van der Waals surface area contributed by atoms with Crippen LogP contribution in [0.1, 0.15) is 24.9 Å². The largest absolute Gasteiger partial charge is 0.348 e. The van der Waals surface area contributed by atoms with Gasteiger partial charge in [-0.2, -0.15) is 11.8 Å². The molecule has 0 aliphatic rings. The summed E-state index contributed by atoms with van der Waals surface area (Å²) in [6.07, 6.45) is 2.73. The second kappa shape index (κ2) is 7.35. The Kier molecular flexibility index (Phi) is 6.08. The first kappa shape index (κ1) is 14.1. The fourth-order valence-corrected chi connectivity index (χ4v) is 2.01. The van der Waals surface area contributed by atoms with E-state index in [4.69, 9.17) is 5.73 Å². The van der Waals surface area contributed by atoms with Crippen LogP contribution in [-0.2, 0) is 4.79 Å². The van der Waals surface area contributed by atoms with Gasteiger partial charge in [0.25, 0.3) is 0 Å². The molecule has 2 atom stereocenters. The zero-order valence-electron chi connectivity index (χ0n) is 10.3. The summed E-state index contributed by atoms with van der Waals surface area (Å²) in [6, 6.07) is 9.48. The van der Waals surface area contributed by atoms with Crippen molar-refractivity contribution in [2.75, 3.05) is 12.0 Å². The van der Waals surface area contributed by atoms with Gasteiger partial charge >= 0.3 is 0 Å². The normalized spacial score (nSPS) is 14.1. The number of amides is 1. The molecule has 17 heavy (non-hydrogen) atoms. The Morgan fingerprint density at radius 1 is 1.41 bits per heavy atom. The van der Waals surface area contributed by atoms with Gasteiger partial charge in [-0.05, 0) is 30.9 Å². The van der Waals surface area contributed by atoms with Crippen molar-refractivity contribution in [3.05, 3.63) is 35.9 Å². The summed E-state index contributed by atoms with van der Waals surface area (Å²) in [7, 11) is 0. The third-order valence-corrected chi connectivity index (χ3v) is 3.27. The molecule has 4 heteroatoms. The van der Waals surface area contributed by atoms with Gasteiger partial charge in [0.2, 0.25) is 5.91 Å². The predicted molar refractivity (Wildman–Crippen MR) is 74.0 cm³/mol. The topological polar surface area (TPSA) is 55.1 Å². The number of benzene rings is 1. The van der Waals surface area contributed by atoms with Crippen LogP contribution >= 0.6 is 11.8 Å². The Labute approximate surface area is 107 Å². The lowest BCUT2D eigenvalue weighted by atomic mass is 10.1. The average Bonchev–Trinajstić information content (AvgIpc) is 2.36. The summed E-state index contributed by atoms with van der Waals surface area (Å²) in [5, 5.41) is 2.93. The molecule has 0 unspecified atom stereocenters. The number of rotatable bonds is 6. The Morgan fingerprint density at radius 2 is 2.06 bits per heavy atom. The van der Waals surface area contributed by atoms with Gasteiger partial charge in [0.1, 0.15) is 0 Å². The van der Waals surface area contributed by atoms with E-state index in [1.54, 1.807) is 11.8 Å². The summed E-state index contributed by atoms with van der Waals surface area (Å²) in [6.45, 7) is 1.97. The van der Waals surface area contributed by atoms with Crippen molar-refractivity contribution in [1.29, 1.82) is 0 Å². The maximum Gasteiger partial charge on any atom is 0.237 e. The number of carbonyl (C=O) groups excluding carboxylic acids is 1. The van der Waals surface area contributed by atoms with Gasteiger partial charge < -0.3 is 11.1 Å². The number of thioether (sulfide) groups is 1. The first-order chi connectivity index (χ1) is 8.15. The highest BCUT2D eigenvalue weighted by atomic mass is 32.2. The number of nitrogens with two attached hydrogens (primary N) is 1. The zero-order chi connectivity index (χ0) is 12.7. The van der Waals surface area contributed by atoms with Crippen molar-refractivity contribution in [3.63, 3.8) is 0 Å². The maximum atomic E-state index is 11.8. The summed E-state index contributed by atoms with van der Waals surface area (Å²) in [5.74, 6) is 0.837. The molecule has 1 aromatic carbocycles. The molecule has 0 aromatic heterocycles. The Morgan fingerprint density at radius 3 is 2.65 bits per heavy atom. The molecule has 0 radical (unpaired) electrons. The molecule has 1 aromatic rings. The Hall–Kier alpha value is -1.00. The molecule has 3 N–H and O–H groups in total. The van der Waals surface area contributed by atoms with E-state index in [-0.39, 0.29) is 11.9 Å². The number of carbonyl (C=O) groups is 1. The molecule has 0 saturated heterocycles. The lowest BCUT2D eigenvalue weighted by Crippen LogP contribution is -2.41. The van der Waals surface area contributed by atoms with Crippen LogP contribution in [0.25, 0.3) is 0 Å². The van der Waals surface area contributed by atoms with Gasteiger partial charge in [-0.3, -0.25) is 4.79 Å². The summed E-state index contributed by atoms with van der Waals surface area (Å²) in [4.78, 5) is 11.8. The second-order valence-corrected chi connectivity index (χ2v) is 5.01. The van der Waals surface area contributed by atoms with Crippen LogP contribution in [-0.4, -0.2) is 24.0 Å². The van der Waals surface area contributed by atoms with Crippen LogP contribution < -0.4 is 11.1 Å². The second-order valence-electron chi connectivity index (χ2n) is 4.03. The Bertz CT molecular complexity index is 343. The lowest BCUT2D eigenvalue weighted by Gasteiger charge is -2.17. The quantitative estimate of drug-likeness (QED) is 0.813. The van der Waals surface area contributed by atoms with Crippen molar-refractivity contribution < 1.29 is 4.79 Å². The monoisotopic (exact) mass is 252 g/mol. The van der Waals surface area contributed by atoms with Gasteiger partial charge in [0.05, 0.1) is 12.1 Å². The van der Waals surface area contributed by atoms with Crippen LogP contribution in [0, 0.1) is 0 Å². The third kappa shape index (κ3) is 4.79. The molecule has 0 aliphatic heterocycles. The molecule has 94 valence electrons.